The molecule has 1 atom stereocenters. The summed E-state index contributed by atoms with van der Waals surface area (Å²) in [5, 5.41) is 6.73. The molecule has 100 valence electrons. The highest BCUT2D eigenvalue weighted by atomic mass is 79.9. The molecule has 2 N–H and O–H groups in total. The van der Waals surface area contributed by atoms with Gasteiger partial charge in [0.2, 0.25) is 0 Å². The molecule has 1 aromatic carbocycles. The van der Waals surface area contributed by atoms with Gasteiger partial charge in [0, 0.05) is 36.2 Å². The summed E-state index contributed by atoms with van der Waals surface area (Å²) in [4.78, 5) is 0. The van der Waals surface area contributed by atoms with Gasteiger partial charge >= 0.3 is 0 Å². The highest BCUT2D eigenvalue weighted by Gasteiger charge is 2.12. The van der Waals surface area contributed by atoms with Crippen molar-refractivity contribution in [3.05, 3.63) is 28.2 Å². The van der Waals surface area contributed by atoms with E-state index < -0.39 is 0 Å². The van der Waals surface area contributed by atoms with Gasteiger partial charge in [-0.05, 0) is 18.2 Å². The Balaban J connectivity index is 1.83. The third kappa shape index (κ3) is 3.95. The van der Waals surface area contributed by atoms with E-state index in [0.29, 0.717) is 0 Å². The van der Waals surface area contributed by atoms with Gasteiger partial charge in [-0.15, -0.1) is 0 Å². The van der Waals surface area contributed by atoms with Crippen LogP contribution in [0.2, 0.25) is 0 Å². The summed E-state index contributed by atoms with van der Waals surface area (Å²) in [5.41, 5.74) is 1.15. The van der Waals surface area contributed by atoms with E-state index in [0.717, 1.165) is 48.6 Å². The molecule has 0 radical (unpaired) electrons. The molecule has 1 unspecified atom stereocenters. The van der Waals surface area contributed by atoms with Gasteiger partial charge in [0.15, 0.2) is 0 Å². The summed E-state index contributed by atoms with van der Waals surface area (Å²) in [5.74, 6) is 0.911. The summed E-state index contributed by atoms with van der Waals surface area (Å²) < 4.78 is 12.0. The number of benzene rings is 1. The van der Waals surface area contributed by atoms with E-state index >= 15 is 0 Å². The lowest BCUT2D eigenvalue weighted by atomic mass is 10.2. The normalized spacial score (nSPS) is 19.8. The maximum Gasteiger partial charge on any atom is 0.123 e. The van der Waals surface area contributed by atoms with Crippen molar-refractivity contribution in [3.63, 3.8) is 0 Å². The summed E-state index contributed by atoms with van der Waals surface area (Å²) in [6.07, 6.45) is 0.261. The third-order valence-electron chi connectivity index (χ3n) is 2.93. The number of ether oxygens (including phenoxy) is 2. The molecular weight excluding hydrogens is 296 g/mol. The first-order valence-corrected chi connectivity index (χ1v) is 6.94. The fraction of sp³-hybridized carbons (Fsp3) is 0.538. The fourth-order valence-electron chi connectivity index (χ4n) is 2.00. The Morgan fingerprint density at radius 3 is 3.17 bits per heavy atom. The van der Waals surface area contributed by atoms with Crippen molar-refractivity contribution in [1.29, 1.82) is 0 Å². The van der Waals surface area contributed by atoms with Crippen LogP contribution in [0.5, 0.6) is 5.75 Å². The minimum atomic E-state index is 0.261. The molecular formula is C13H19BrN2O2. The highest BCUT2D eigenvalue weighted by molar-refractivity contribution is 9.10. The molecule has 5 heteroatoms. The SMILES string of the molecule is COc1ccc(Br)cc1CNCC1CNCCO1. The molecule has 0 aliphatic carbocycles. The highest BCUT2D eigenvalue weighted by Crippen LogP contribution is 2.22. The summed E-state index contributed by atoms with van der Waals surface area (Å²) in [6.45, 7) is 4.30. The molecule has 1 aliphatic rings. The first kappa shape index (κ1) is 13.8. The van der Waals surface area contributed by atoms with Gasteiger partial charge in [0.25, 0.3) is 0 Å². The zero-order valence-corrected chi connectivity index (χ0v) is 12.1. The summed E-state index contributed by atoms with van der Waals surface area (Å²) >= 11 is 3.48. The molecule has 2 rings (SSSR count). The van der Waals surface area contributed by atoms with Crippen molar-refractivity contribution < 1.29 is 9.47 Å². The summed E-state index contributed by atoms with van der Waals surface area (Å²) in [7, 11) is 1.70. The van der Waals surface area contributed by atoms with Crippen LogP contribution < -0.4 is 15.4 Å². The van der Waals surface area contributed by atoms with Crippen LogP contribution in [0.3, 0.4) is 0 Å². The Labute approximate surface area is 116 Å². The predicted molar refractivity (Wildman–Crippen MR) is 75.0 cm³/mol. The fourth-order valence-corrected chi connectivity index (χ4v) is 2.41. The topological polar surface area (TPSA) is 42.5 Å². The standard InChI is InChI=1S/C13H19BrN2O2/c1-17-13-3-2-11(14)6-10(13)7-16-9-12-8-15-4-5-18-12/h2-3,6,12,15-16H,4-5,7-9H2,1H3. The molecule has 1 heterocycles. The maximum atomic E-state index is 5.63. The number of hydrogen-bond acceptors (Lipinski definition) is 4. The van der Waals surface area contributed by atoms with Crippen LogP contribution in [0.4, 0.5) is 0 Å². The second-order valence-electron chi connectivity index (χ2n) is 4.28. The van der Waals surface area contributed by atoms with Crippen molar-refractivity contribution in [1.82, 2.24) is 10.6 Å². The van der Waals surface area contributed by atoms with Gasteiger partial charge < -0.3 is 20.1 Å². The van der Waals surface area contributed by atoms with Crippen molar-refractivity contribution in [2.45, 2.75) is 12.6 Å². The van der Waals surface area contributed by atoms with E-state index in [2.05, 4.69) is 32.6 Å². The zero-order valence-electron chi connectivity index (χ0n) is 10.5. The molecule has 1 fully saturated rings. The molecule has 1 aliphatic heterocycles. The van der Waals surface area contributed by atoms with Crippen LogP contribution in [-0.2, 0) is 11.3 Å². The first-order chi connectivity index (χ1) is 8.79. The molecule has 0 spiro atoms. The molecule has 1 aromatic rings. The molecule has 18 heavy (non-hydrogen) atoms. The van der Waals surface area contributed by atoms with Crippen LogP contribution in [0.1, 0.15) is 5.56 Å². The number of rotatable bonds is 5. The van der Waals surface area contributed by atoms with E-state index in [9.17, 15) is 0 Å². The van der Waals surface area contributed by atoms with Gasteiger partial charge in [-0.25, -0.2) is 0 Å². The molecule has 1 saturated heterocycles. The minimum Gasteiger partial charge on any atom is -0.496 e. The Morgan fingerprint density at radius 2 is 2.44 bits per heavy atom. The van der Waals surface area contributed by atoms with E-state index in [1.54, 1.807) is 7.11 Å². The monoisotopic (exact) mass is 314 g/mol. The Morgan fingerprint density at radius 1 is 1.56 bits per heavy atom. The van der Waals surface area contributed by atoms with Gasteiger partial charge in [-0.2, -0.15) is 0 Å². The minimum absolute atomic E-state index is 0.261. The Hall–Kier alpha value is -0.620. The van der Waals surface area contributed by atoms with Crippen LogP contribution in [0, 0.1) is 0 Å². The van der Waals surface area contributed by atoms with Crippen molar-refractivity contribution in [2.75, 3.05) is 33.4 Å². The molecule has 4 nitrogen and oxygen atoms in total. The van der Waals surface area contributed by atoms with Crippen molar-refractivity contribution >= 4 is 15.9 Å². The average Bonchev–Trinajstić information content (AvgIpc) is 2.40. The van der Waals surface area contributed by atoms with Crippen molar-refractivity contribution in [3.8, 4) is 5.75 Å². The third-order valence-corrected chi connectivity index (χ3v) is 3.43. The Kier molecular flexibility index (Phi) is 5.44. The van der Waals surface area contributed by atoms with Crippen molar-refractivity contribution in [2.24, 2.45) is 0 Å². The number of halogens is 1. The summed E-state index contributed by atoms with van der Waals surface area (Å²) in [6, 6.07) is 6.03. The lowest BCUT2D eigenvalue weighted by Gasteiger charge is -2.24. The van der Waals surface area contributed by atoms with E-state index in [-0.39, 0.29) is 6.10 Å². The first-order valence-electron chi connectivity index (χ1n) is 6.15. The molecule has 0 bridgehead atoms. The van der Waals surface area contributed by atoms with Gasteiger partial charge in [-0.3, -0.25) is 0 Å². The number of morpholine rings is 1. The quantitative estimate of drug-likeness (QED) is 0.865. The number of methoxy groups -OCH3 is 1. The van der Waals surface area contributed by atoms with E-state index in [4.69, 9.17) is 9.47 Å². The average molecular weight is 315 g/mol. The maximum absolute atomic E-state index is 5.63. The lowest BCUT2D eigenvalue weighted by molar-refractivity contribution is 0.0290. The smallest absolute Gasteiger partial charge is 0.123 e. The van der Waals surface area contributed by atoms with Crippen LogP contribution in [-0.4, -0.2) is 39.5 Å². The van der Waals surface area contributed by atoms with Gasteiger partial charge in [-0.1, -0.05) is 15.9 Å². The second kappa shape index (κ2) is 7.09. The number of hydrogen-bond donors (Lipinski definition) is 2. The molecule has 0 aromatic heterocycles. The van der Waals surface area contributed by atoms with E-state index in [1.165, 1.54) is 0 Å². The molecule has 0 saturated carbocycles. The van der Waals surface area contributed by atoms with Gasteiger partial charge in [0.1, 0.15) is 5.75 Å². The van der Waals surface area contributed by atoms with Crippen LogP contribution in [0.15, 0.2) is 22.7 Å². The van der Waals surface area contributed by atoms with Gasteiger partial charge in [0.05, 0.1) is 19.8 Å². The predicted octanol–water partition coefficient (Wildman–Crippen LogP) is 1.54. The zero-order chi connectivity index (χ0) is 12.8. The second-order valence-corrected chi connectivity index (χ2v) is 5.20. The largest absolute Gasteiger partial charge is 0.496 e. The van der Waals surface area contributed by atoms with E-state index in [1.807, 2.05) is 12.1 Å². The lowest BCUT2D eigenvalue weighted by Crippen LogP contribution is -2.43. The Bertz CT molecular complexity index is 381. The van der Waals surface area contributed by atoms with Crippen LogP contribution >= 0.6 is 15.9 Å². The molecule has 0 amide bonds. The van der Waals surface area contributed by atoms with Crippen LogP contribution in [0.25, 0.3) is 0 Å². The number of nitrogens with one attached hydrogen (secondary N) is 2.